The third-order valence-electron chi connectivity index (χ3n) is 7.78. The van der Waals surface area contributed by atoms with Crippen molar-refractivity contribution in [3.05, 3.63) is 107 Å². The van der Waals surface area contributed by atoms with Crippen molar-refractivity contribution in [3.63, 3.8) is 0 Å². The molecule has 1 aromatic heterocycles. The number of fused-ring (bicyclic) bond motifs is 1. The van der Waals surface area contributed by atoms with Crippen LogP contribution in [-0.2, 0) is 17.7 Å². The van der Waals surface area contributed by atoms with Gasteiger partial charge in [-0.3, -0.25) is 4.98 Å². The number of rotatable bonds is 8. The fraction of sp³-hybridized carbons (Fsp3) is 0.343. The molecule has 0 radical (unpaired) electrons. The molecule has 8 heteroatoms. The predicted octanol–water partition coefficient (Wildman–Crippen LogP) is 7.23. The molecule has 3 aromatic carbocycles. The maximum atomic E-state index is 14.2. The van der Waals surface area contributed by atoms with Crippen LogP contribution in [0.1, 0.15) is 54.6 Å². The zero-order valence-electron chi connectivity index (χ0n) is 25.8. The summed E-state index contributed by atoms with van der Waals surface area (Å²) in [6.07, 6.45) is 1.83. The molecule has 8 nitrogen and oxygen atoms in total. The lowest BCUT2D eigenvalue weighted by Crippen LogP contribution is -2.50. The molecule has 1 atom stereocenters. The fourth-order valence-corrected chi connectivity index (χ4v) is 5.31. The Morgan fingerprint density at radius 2 is 1.72 bits per heavy atom. The van der Waals surface area contributed by atoms with E-state index in [1.54, 1.807) is 13.3 Å². The van der Waals surface area contributed by atoms with Gasteiger partial charge in [0.1, 0.15) is 11.4 Å². The normalized spacial score (nSPS) is 15.2. The molecule has 1 unspecified atom stereocenters. The summed E-state index contributed by atoms with van der Waals surface area (Å²) in [7, 11) is 1.64. The minimum Gasteiger partial charge on any atom is -0.497 e. The van der Waals surface area contributed by atoms with Gasteiger partial charge in [0.25, 0.3) is 0 Å². The van der Waals surface area contributed by atoms with Gasteiger partial charge in [-0.2, -0.15) is 0 Å². The Kier molecular flexibility index (Phi) is 8.57. The molecule has 0 saturated carbocycles. The summed E-state index contributed by atoms with van der Waals surface area (Å²) >= 11 is 0. The topological polar surface area (TPSA) is 75.2 Å². The number of urea groups is 1. The number of carbonyl (C=O) groups is 2. The molecule has 224 valence electrons. The second-order valence-corrected chi connectivity index (χ2v) is 12.1. The number of hydrogen-bond donors (Lipinski definition) is 0. The van der Waals surface area contributed by atoms with Crippen molar-refractivity contribution in [2.24, 2.45) is 0 Å². The van der Waals surface area contributed by atoms with Crippen LogP contribution in [0.2, 0.25) is 0 Å². The third kappa shape index (κ3) is 6.91. The molecule has 0 N–H and O–H groups in total. The van der Waals surface area contributed by atoms with Gasteiger partial charge in [-0.15, -0.1) is 0 Å². The maximum absolute atomic E-state index is 14.2. The van der Waals surface area contributed by atoms with Crippen molar-refractivity contribution in [1.29, 1.82) is 0 Å². The molecule has 0 bridgehead atoms. The lowest BCUT2D eigenvalue weighted by molar-refractivity contribution is -0.0296. The Morgan fingerprint density at radius 3 is 2.42 bits per heavy atom. The van der Waals surface area contributed by atoms with Crippen LogP contribution in [0.5, 0.6) is 5.75 Å². The van der Waals surface area contributed by atoms with E-state index in [0.29, 0.717) is 19.5 Å². The first-order valence-corrected chi connectivity index (χ1v) is 14.6. The van der Waals surface area contributed by atoms with Gasteiger partial charge in [-0.1, -0.05) is 48.5 Å². The largest absolute Gasteiger partial charge is 0.497 e. The highest BCUT2D eigenvalue weighted by Crippen LogP contribution is 2.33. The monoisotopic (exact) mass is 580 g/mol. The zero-order chi connectivity index (χ0) is 30.7. The standard InChI is InChI=1S/C35H40N4O4/c1-24-11-14-29(19-25(24)2)32-23-38(33(40)37(32)18-17-26-12-15-30(42-6)16-13-26)39(34(41)43-35(3,4)5)22-27-20-28-9-7-8-10-31(28)36-21-27/h7-16,19-21,32H,17-18,22-23H2,1-6H3. The number of nitrogens with zero attached hydrogens (tertiary/aromatic N) is 4. The van der Waals surface area contributed by atoms with Crippen LogP contribution in [-0.4, -0.2) is 57.8 Å². The summed E-state index contributed by atoms with van der Waals surface area (Å²) < 4.78 is 11.1. The molecule has 4 aromatic rings. The van der Waals surface area contributed by atoms with Crippen LogP contribution in [0.15, 0.2) is 79.0 Å². The van der Waals surface area contributed by atoms with E-state index in [4.69, 9.17) is 9.47 Å². The summed E-state index contributed by atoms with van der Waals surface area (Å²) in [5.41, 5.74) is 5.41. The second-order valence-electron chi connectivity index (χ2n) is 12.1. The maximum Gasteiger partial charge on any atom is 0.429 e. The smallest absolute Gasteiger partial charge is 0.429 e. The van der Waals surface area contributed by atoms with Crippen LogP contribution in [0.25, 0.3) is 10.9 Å². The number of ether oxygens (including phenoxy) is 2. The number of methoxy groups -OCH3 is 1. The highest BCUT2D eigenvalue weighted by Gasteiger charge is 2.43. The van der Waals surface area contributed by atoms with E-state index in [1.807, 2.05) is 80.3 Å². The first-order valence-electron chi connectivity index (χ1n) is 14.6. The second kappa shape index (κ2) is 12.3. The number of hydrogen-bond acceptors (Lipinski definition) is 5. The Labute approximate surface area is 253 Å². The molecule has 2 heterocycles. The minimum atomic E-state index is -0.735. The molecule has 1 fully saturated rings. The summed E-state index contributed by atoms with van der Waals surface area (Å²) in [5.74, 6) is 0.788. The van der Waals surface area contributed by atoms with E-state index < -0.39 is 11.7 Å². The van der Waals surface area contributed by atoms with Gasteiger partial charge in [0.2, 0.25) is 0 Å². The Hall–Kier alpha value is -4.59. The number of hydrazine groups is 1. The highest BCUT2D eigenvalue weighted by atomic mass is 16.6. The first kappa shape index (κ1) is 29.9. The quantitative estimate of drug-likeness (QED) is 0.220. The van der Waals surface area contributed by atoms with Gasteiger partial charge in [0.15, 0.2) is 0 Å². The number of para-hydroxylation sites is 1. The Morgan fingerprint density at radius 1 is 0.977 bits per heavy atom. The Bertz CT molecular complexity index is 1610. The number of carbonyl (C=O) groups excluding carboxylic acids is 2. The number of aromatic nitrogens is 1. The average Bonchev–Trinajstić information content (AvgIpc) is 3.30. The lowest BCUT2D eigenvalue weighted by Gasteiger charge is -2.33. The molecule has 0 spiro atoms. The summed E-state index contributed by atoms with van der Waals surface area (Å²) in [5, 5.41) is 3.93. The number of aryl methyl sites for hydroxylation is 2. The van der Waals surface area contributed by atoms with Gasteiger partial charge in [-0.25, -0.2) is 19.6 Å². The van der Waals surface area contributed by atoms with E-state index in [0.717, 1.165) is 38.9 Å². The molecule has 3 amide bonds. The molecule has 5 rings (SSSR count). The van der Waals surface area contributed by atoms with Crippen LogP contribution >= 0.6 is 0 Å². The van der Waals surface area contributed by atoms with Crippen molar-refractivity contribution in [3.8, 4) is 5.75 Å². The van der Waals surface area contributed by atoms with Gasteiger partial charge in [-0.05, 0) is 93.1 Å². The van der Waals surface area contributed by atoms with Gasteiger partial charge in [0, 0.05) is 18.1 Å². The SMILES string of the molecule is COc1ccc(CCN2C(=O)N(N(Cc3cnc4ccccc4c3)C(=O)OC(C)(C)C)CC2c2ccc(C)c(C)c2)cc1. The van der Waals surface area contributed by atoms with Crippen molar-refractivity contribution >= 4 is 23.0 Å². The van der Waals surface area contributed by atoms with Crippen LogP contribution in [0, 0.1) is 13.8 Å². The molecule has 1 aliphatic rings. The summed E-state index contributed by atoms with van der Waals surface area (Å²) in [4.78, 5) is 34.4. The van der Waals surface area contributed by atoms with Gasteiger partial charge < -0.3 is 14.4 Å². The van der Waals surface area contributed by atoms with Crippen molar-refractivity contribution in [2.45, 2.75) is 59.2 Å². The van der Waals surface area contributed by atoms with E-state index in [9.17, 15) is 9.59 Å². The van der Waals surface area contributed by atoms with Crippen LogP contribution < -0.4 is 4.74 Å². The molecule has 43 heavy (non-hydrogen) atoms. The van der Waals surface area contributed by atoms with E-state index in [1.165, 1.54) is 15.6 Å². The fourth-order valence-electron chi connectivity index (χ4n) is 5.31. The van der Waals surface area contributed by atoms with Crippen molar-refractivity contribution in [2.75, 3.05) is 20.2 Å². The molecule has 1 saturated heterocycles. The summed E-state index contributed by atoms with van der Waals surface area (Å²) in [6, 6.07) is 23.5. The zero-order valence-corrected chi connectivity index (χ0v) is 25.8. The number of benzene rings is 3. The summed E-state index contributed by atoms with van der Waals surface area (Å²) in [6.45, 7) is 10.6. The minimum absolute atomic E-state index is 0.143. The van der Waals surface area contributed by atoms with Gasteiger partial charge in [0.05, 0.1) is 31.8 Å². The lowest BCUT2D eigenvalue weighted by atomic mass is 10.0. The predicted molar refractivity (Wildman–Crippen MR) is 168 cm³/mol. The molecule has 0 aliphatic carbocycles. The van der Waals surface area contributed by atoms with E-state index in [-0.39, 0.29) is 18.6 Å². The van der Waals surface area contributed by atoms with Crippen LogP contribution in [0.4, 0.5) is 9.59 Å². The van der Waals surface area contributed by atoms with Crippen molar-refractivity contribution in [1.82, 2.24) is 19.9 Å². The number of amides is 3. The third-order valence-corrected chi connectivity index (χ3v) is 7.78. The van der Waals surface area contributed by atoms with Crippen molar-refractivity contribution < 1.29 is 19.1 Å². The van der Waals surface area contributed by atoms with Gasteiger partial charge >= 0.3 is 12.1 Å². The van der Waals surface area contributed by atoms with Crippen LogP contribution in [0.3, 0.4) is 0 Å². The van der Waals surface area contributed by atoms with E-state index in [2.05, 4.69) is 37.0 Å². The molecular formula is C35H40N4O4. The average molecular weight is 581 g/mol. The number of pyridine rings is 1. The molecule has 1 aliphatic heterocycles. The molecular weight excluding hydrogens is 540 g/mol. The highest BCUT2D eigenvalue weighted by molar-refractivity contribution is 5.81. The first-order chi connectivity index (χ1) is 20.5. The van der Waals surface area contributed by atoms with E-state index >= 15 is 0 Å². The Balaban J connectivity index is 1.48.